The van der Waals surface area contributed by atoms with Gasteiger partial charge in [0.2, 0.25) is 0 Å². The van der Waals surface area contributed by atoms with Gasteiger partial charge in [-0.2, -0.15) is 13.2 Å². The van der Waals surface area contributed by atoms with Crippen LogP contribution in [0.2, 0.25) is 0 Å². The molecule has 0 atom stereocenters. The number of carbonyl (C=O) groups is 2. The zero-order valence-corrected chi connectivity index (χ0v) is 11.9. The van der Waals surface area contributed by atoms with Gasteiger partial charge in [-0.05, 0) is 42.5 Å². The predicted molar refractivity (Wildman–Crippen MR) is 77.8 cm³/mol. The van der Waals surface area contributed by atoms with Crippen molar-refractivity contribution in [2.45, 2.75) is 6.18 Å². The van der Waals surface area contributed by atoms with Crippen molar-refractivity contribution in [2.24, 2.45) is 0 Å². The van der Waals surface area contributed by atoms with Crippen molar-refractivity contribution in [1.29, 1.82) is 0 Å². The number of benzene rings is 2. The van der Waals surface area contributed by atoms with E-state index in [4.69, 9.17) is 10.2 Å². The average Bonchev–Trinajstić information content (AvgIpc) is 2.52. The Labute approximate surface area is 134 Å². The van der Waals surface area contributed by atoms with Gasteiger partial charge in [-0.15, -0.1) is 0 Å². The summed E-state index contributed by atoms with van der Waals surface area (Å²) in [4.78, 5) is 22.0. The van der Waals surface area contributed by atoms with Crippen LogP contribution in [0.15, 0.2) is 42.5 Å². The first kappa shape index (κ1) is 17.1. The van der Waals surface area contributed by atoms with E-state index in [0.717, 1.165) is 24.3 Å². The standard InChI is InChI=1S/C17H9F3O4/c18-17(19,20)12-6-3-10(4-7-12)1-2-11-5-8-13(15(21)22)14(9-11)16(23)24/h3-9H,(H,21,22)(H,23,24). The van der Waals surface area contributed by atoms with Gasteiger partial charge in [0.15, 0.2) is 0 Å². The van der Waals surface area contributed by atoms with E-state index in [0.29, 0.717) is 5.56 Å². The molecule has 0 aliphatic rings. The van der Waals surface area contributed by atoms with Crippen molar-refractivity contribution in [2.75, 3.05) is 0 Å². The first-order valence-corrected chi connectivity index (χ1v) is 6.48. The van der Waals surface area contributed by atoms with Gasteiger partial charge in [-0.1, -0.05) is 11.8 Å². The van der Waals surface area contributed by atoms with Crippen molar-refractivity contribution in [3.05, 3.63) is 70.3 Å². The first-order valence-electron chi connectivity index (χ1n) is 6.48. The number of aromatic carboxylic acids is 2. The Bertz CT molecular complexity index is 856. The molecule has 0 bridgehead atoms. The lowest BCUT2D eigenvalue weighted by molar-refractivity contribution is -0.137. The van der Waals surface area contributed by atoms with Gasteiger partial charge in [0.25, 0.3) is 0 Å². The molecule has 2 aromatic rings. The molecule has 7 heteroatoms. The molecule has 0 radical (unpaired) electrons. The molecule has 122 valence electrons. The van der Waals surface area contributed by atoms with E-state index in [1.165, 1.54) is 18.2 Å². The Morgan fingerprint density at radius 2 is 1.29 bits per heavy atom. The van der Waals surface area contributed by atoms with Crippen molar-refractivity contribution >= 4 is 11.9 Å². The van der Waals surface area contributed by atoms with Crippen LogP contribution in [0.3, 0.4) is 0 Å². The van der Waals surface area contributed by atoms with Gasteiger partial charge in [0.05, 0.1) is 16.7 Å². The second-order valence-electron chi connectivity index (χ2n) is 4.70. The Balaban J connectivity index is 2.33. The third-order valence-electron chi connectivity index (χ3n) is 3.04. The monoisotopic (exact) mass is 334 g/mol. The Morgan fingerprint density at radius 3 is 1.79 bits per heavy atom. The van der Waals surface area contributed by atoms with Crippen molar-refractivity contribution in [3.63, 3.8) is 0 Å². The van der Waals surface area contributed by atoms with Crippen LogP contribution in [0, 0.1) is 11.8 Å². The minimum atomic E-state index is -4.44. The largest absolute Gasteiger partial charge is 0.478 e. The summed E-state index contributed by atoms with van der Waals surface area (Å²) in [5.74, 6) is 2.40. The Kier molecular flexibility index (Phi) is 4.60. The molecule has 0 unspecified atom stereocenters. The summed E-state index contributed by atoms with van der Waals surface area (Å²) in [6.45, 7) is 0. The molecule has 0 amide bonds. The molecule has 2 rings (SSSR count). The molecule has 4 nitrogen and oxygen atoms in total. The average molecular weight is 334 g/mol. The van der Waals surface area contributed by atoms with E-state index in [1.807, 2.05) is 0 Å². The molecule has 0 aliphatic carbocycles. The van der Waals surface area contributed by atoms with Crippen LogP contribution in [0.4, 0.5) is 13.2 Å². The molecule has 0 aliphatic heterocycles. The van der Waals surface area contributed by atoms with Gasteiger partial charge in [0, 0.05) is 11.1 Å². The molecule has 2 aromatic carbocycles. The fraction of sp³-hybridized carbons (Fsp3) is 0.0588. The van der Waals surface area contributed by atoms with Gasteiger partial charge in [0.1, 0.15) is 0 Å². The zero-order valence-electron chi connectivity index (χ0n) is 11.9. The van der Waals surface area contributed by atoms with E-state index >= 15 is 0 Å². The van der Waals surface area contributed by atoms with Crippen LogP contribution in [0.25, 0.3) is 0 Å². The number of halogens is 3. The van der Waals surface area contributed by atoms with Gasteiger partial charge in [-0.3, -0.25) is 0 Å². The molecule has 2 N–H and O–H groups in total. The van der Waals surface area contributed by atoms with Crippen LogP contribution in [-0.4, -0.2) is 22.2 Å². The summed E-state index contributed by atoms with van der Waals surface area (Å²) in [6, 6.07) is 7.71. The second kappa shape index (κ2) is 6.46. The van der Waals surface area contributed by atoms with Crippen molar-refractivity contribution in [3.8, 4) is 11.8 Å². The van der Waals surface area contributed by atoms with Crippen LogP contribution in [0.5, 0.6) is 0 Å². The molecule has 0 heterocycles. The van der Waals surface area contributed by atoms with Crippen molar-refractivity contribution in [1.82, 2.24) is 0 Å². The summed E-state index contributed by atoms with van der Waals surface area (Å²) >= 11 is 0. The fourth-order valence-corrected chi connectivity index (χ4v) is 1.87. The highest BCUT2D eigenvalue weighted by Gasteiger charge is 2.29. The topological polar surface area (TPSA) is 74.6 Å². The number of carboxylic acid groups (broad SMARTS) is 2. The smallest absolute Gasteiger partial charge is 0.416 e. The highest BCUT2D eigenvalue weighted by atomic mass is 19.4. The van der Waals surface area contributed by atoms with E-state index in [1.54, 1.807) is 0 Å². The second-order valence-corrected chi connectivity index (χ2v) is 4.70. The normalized spacial score (nSPS) is 10.6. The van der Waals surface area contributed by atoms with Gasteiger partial charge < -0.3 is 10.2 Å². The minimum Gasteiger partial charge on any atom is -0.478 e. The SMILES string of the molecule is O=C(O)c1ccc(C#Cc2ccc(C(F)(F)F)cc2)cc1C(=O)O. The van der Waals surface area contributed by atoms with E-state index in [2.05, 4.69) is 11.8 Å². The van der Waals surface area contributed by atoms with Crippen LogP contribution in [0.1, 0.15) is 37.4 Å². The number of carboxylic acids is 2. The van der Waals surface area contributed by atoms with E-state index in [-0.39, 0.29) is 11.1 Å². The quantitative estimate of drug-likeness (QED) is 0.824. The molecule has 0 aromatic heterocycles. The van der Waals surface area contributed by atoms with Crippen molar-refractivity contribution < 1.29 is 33.0 Å². The lowest BCUT2D eigenvalue weighted by atomic mass is 10.0. The third-order valence-corrected chi connectivity index (χ3v) is 3.04. The maximum absolute atomic E-state index is 12.5. The summed E-state index contributed by atoms with van der Waals surface area (Å²) in [7, 11) is 0. The maximum atomic E-state index is 12.5. The number of rotatable bonds is 2. The van der Waals surface area contributed by atoms with E-state index in [9.17, 15) is 22.8 Å². The summed E-state index contributed by atoms with van der Waals surface area (Å²) in [6.07, 6.45) is -4.44. The molecule has 0 spiro atoms. The maximum Gasteiger partial charge on any atom is 0.416 e. The van der Waals surface area contributed by atoms with Gasteiger partial charge in [-0.25, -0.2) is 9.59 Å². The molecular weight excluding hydrogens is 325 g/mol. The van der Waals surface area contributed by atoms with Gasteiger partial charge >= 0.3 is 18.1 Å². The minimum absolute atomic E-state index is 0.234. The number of alkyl halides is 3. The molecule has 0 fully saturated rings. The first-order chi connectivity index (χ1) is 11.2. The Hall–Kier alpha value is -3.27. The van der Waals surface area contributed by atoms with E-state index < -0.39 is 29.2 Å². The summed E-state index contributed by atoms with van der Waals surface area (Å²) in [5.41, 5.74) is -1.05. The highest BCUT2D eigenvalue weighted by Crippen LogP contribution is 2.28. The highest BCUT2D eigenvalue weighted by molar-refractivity contribution is 6.01. The third kappa shape index (κ3) is 3.93. The van der Waals surface area contributed by atoms with Crippen LogP contribution < -0.4 is 0 Å². The molecule has 0 saturated heterocycles. The lowest BCUT2D eigenvalue weighted by Gasteiger charge is -2.05. The molecule has 0 saturated carbocycles. The number of hydrogen-bond donors (Lipinski definition) is 2. The predicted octanol–water partition coefficient (Wildman–Crippen LogP) is 3.50. The molecule has 24 heavy (non-hydrogen) atoms. The summed E-state index contributed by atoms with van der Waals surface area (Å²) < 4.78 is 37.4. The van der Waals surface area contributed by atoms with Crippen LogP contribution in [-0.2, 0) is 6.18 Å². The fourth-order valence-electron chi connectivity index (χ4n) is 1.87. The molecular formula is C17H9F3O4. The lowest BCUT2D eigenvalue weighted by Crippen LogP contribution is -2.08. The Morgan fingerprint density at radius 1 is 0.792 bits per heavy atom. The number of hydrogen-bond acceptors (Lipinski definition) is 2. The summed E-state index contributed by atoms with van der Waals surface area (Å²) in [5, 5.41) is 17.9. The van der Waals surface area contributed by atoms with Crippen LogP contribution >= 0.6 is 0 Å². The zero-order chi connectivity index (χ0) is 17.9.